The molecule has 0 bridgehead atoms. The fourth-order valence-electron chi connectivity index (χ4n) is 3.79. The fourth-order valence-corrected chi connectivity index (χ4v) is 3.79. The molecule has 1 saturated carbocycles. The van der Waals surface area contributed by atoms with Crippen molar-refractivity contribution in [3.8, 4) is 0 Å². The van der Waals surface area contributed by atoms with Gasteiger partial charge >= 0.3 is 12.1 Å². The number of piperidine rings is 1. The lowest BCUT2D eigenvalue weighted by Crippen LogP contribution is -2.52. The summed E-state index contributed by atoms with van der Waals surface area (Å²) in [4.78, 5) is 25.6. The Morgan fingerprint density at radius 3 is 2.67 bits per heavy atom. The molecule has 0 radical (unpaired) electrons. The highest BCUT2D eigenvalue weighted by molar-refractivity contribution is 5.74. The highest BCUT2D eigenvalue weighted by atomic mass is 16.5. The van der Waals surface area contributed by atoms with Gasteiger partial charge in [-0.25, -0.2) is 9.59 Å². The van der Waals surface area contributed by atoms with Crippen LogP contribution in [0.2, 0.25) is 0 Å². The van der Waals surface area contributed by atoms with Gasteiger partial charge in [-0.05, 0) is 38.5 Å². The van der Waals surface area contributed by atoms with Crippen molar-refractivity contribution in [3.63, 3.8) is 0 Å². The second-order valence-electron chi connectivity index (χ2n) is 7.03. The number of amides is 3. The summed E-state index contributed by atoms with van der Waals surface area (Å²) in [6.45, 7) is 4.22. The molecule has 1 atom stereocenters. The zero-order valence-electron chi connectivity index (χ0n) is 15.0. The van der Waals surface area contributed by atoms with E-state index >= 15 is 0 Å². The Morgan fingerprint density at radius 1 is 1.12 bits per heavy atom. The van der Waals surface area contributed by atoms with Crippen LogP contribution in [0.1, 0.15) is 64.7 Å². The lowest BCUT2D eigenvalue weighted by Gasteiger charge is -2.33. The number of rotatable bonds is 6. The van der Waals surface area contributed by atoms with E-state index in [0.717, 1.165) is 38.3 Å². The molecular weight excluding hydrogens is 306 g/mol. The van der Waals surface area contributed by atoms with E-state index in [1.54, 1.807) is 11.8 Å². The number of urea groups is 1. The van der Waals surface area contributed by atoms with Gasteiger partial charge in [-0.2, -0.15) is 0 Å². The Morgan fingerprint density at radius 2 is 1.92 bits per heavy atom. The molecule has 2 N–H and O–H groups in total. The average Bonchev–Trinajstić information content (AvgIpc) is 2.60. The molecule has 2 rings (SSSR count). The normalized spacial score (nSPS) is 22.0. The molecule has 6 nitrogen and oxygen atoms in total. The number of likely N-dealkylation sites (tertiary alicyclic amines) is 1. The number of hydrogen-bond acceptors (Lipinski definition) is 3. The lowest BCUT2D eigenvalue weighted by molar-refractivity contribution is 0.135. The summed E-state index contributed by atoms with van der Waals surface area (Å²) in [7, 11) is 0. The summed E-state index contributed by atoms with van der Waals surface area (Å²) in [5.41, 5.74) is 0. The van der Waals surface area contributed by atoms with Crippen LogP contribution in [0.5, 0.6) is 0 Å². The van der Waals surface area contributed by atoms with E-state index in [1.165, 1.54) is 38.5 Å². The first-order valence-corrected chi connectivity index (χ1v) is 9.65. The van der Waals surface area contributed by atoms with E-state index in [-0.39, 0.29) is 12.1 Å². The van der Waals surface area contributed by atoms with Gasteiger partial charge < -0.3 is 20.3 Å². The Bertz CT molecular complexity index is 397. The molecule has 0 spiro atoms. The van der Waals surface area contributed by atoms with Crippen LogP contribution < -0.4 is 10.6 Å². The first kappa shape index (κ1) is 18.9. The summed E-state index contributed by atoms with van der Waals surface area (Å²) >= 11 is 0. The molecule has 1 heterocycles. The van der Waals surface area contributed by atoms with Gasteiger partial charge in [-0.3, -0.25) is 0 Å². The molecule has 0 aromatic rings. The number of carbonyl (C=O) groups excluding carboxylic acids is 2. The third kappa shape index (κ3) is 6.57. The van der Waals surface area contributed by atoms with Crippen LogP contribution in [0.25, 0.3) is 0 Å². The molecule has 1 aliphatic carbocycles. The Balaban J connectivity index is 1.61. The number of carbonyl (C=O) groups is 2. The van der Waals surface area contributed by atoms with Crippen LogP contribution in [0.3, 0.4) is 0 Å². The zero-order valence-corrected chi connectivity index (χ0v) is 15.0. The van der Waals surface area contributed by atoms with Crippen LogP contribution in [-0.4, -0.2) is 49.3 Å². The number of nitrogens with zero attached hydrogens (tertiary/aromatic N) is 1. The van der Waals surface area contributed by atoms with Gasteiger partial charge in [0.2, 0.25) is 0 Å². The number of ether oxygens (including phenoxy) is 1. The van der Waals surface area contributed by atoms with Crippen LogP contribution >= 0.6 is 0 Å². The molecule has 0 aromatic carbocycles. The van der Waals surface area contributed by atoms with Gasteiger partial charge in [0.25, 0.3) is 0 Å². The van der Waals surface area contributed by atoms with Crippen molar-refractivity contribution in [3.05, 3.63) is 0 Å². The Labute approximate surface area is 145 Å². The molecule has 1 saturated heterocycles. The smallest absolute Gasteiger partial charge is 0.407 e. The maximum atomic E-state index is 12.3. The molecule has 2 fully saturated rings. The van der Waals surface area contributed by atoms with Crippen molar-refractivity contribution in [1.29, 1.82) is 0 Å². The Kier molecular flexibility index (Phi) is 8.19. The maximum absolute atomic E-state index is 12.3. The van der Waals surface area contributed by atoms with E-state index in [4.69, 9.17) is 4.74 Å². The standard InChI is InChI=1S/C18H33N3O3/c1-2-24-18(23)20-16-11-7-13-21(14-16)17(22)19-12-6-10-15-8-4-3-5-9-15/h15-16H,2-14H2,1H3,(H,19,22)(H,20,23). The number of nitrogens with one attached hydrogen (secondary N) is 2. The van der Waals surface area contributed by atoms with Crippen molar-refractivity contribution in [2.24, 2.45) is 5.92 Å². The second kappa shape index (κ2) is 10.4. The first-order valence-electron chi connectivity index (χ1n) is 9.65. The quantitative estimate of drug-likeness (QED) is 0.730. The third-order valence-corrected chi connectivity index (χ3v) is 5.10. The molecule has 2 aliphatic rings. The van der Waals surface area contributed by atoms with Crippen molar-refractivity contribution in [2.45, 2.75) is 70.8 Å². The van der Waals surface area contributed by atoms with Crippen molar-refractivity contribution >= 4 is 12.1 Å². The zero-order chi connectivity index (χ0) is 17.2. The first-order chi connectivity index (χ1) is 11.7. The minimum Gasteiger partial charge on any atom is -0.450 e. The van der Waals surface area contributed by atoms with E-state index < -0.39 is 6.09 Å². The van der Waals surface area contributed by atoms with Crippen molar-refractivity contribution < 1.29 is 14.3 Å². The fraction of sp³-hybridized carbons (Fsp3) is 0.889. The van der Waals surface area contributed by atoms with Crippen LogP contribution in [0.15, 0.2) is 0 Å². The van der Waals surface area contributed by atoms with E-state index in [1.807, 2.05) is 0 Å². The predicted octanol–water partition coefficient (Wildman–Crippen LogP) is 3.27. The van der Waals surface area contributed by atoms with Gasteiger partial charge in [-0.15, -0.1) is 0 Å². The molecular formula is C18H33N3O3. The van der Waals surface area contributed by atoms with Gasteiger partial charge in [0.1, 0.15) is 0 Å². The van der Waals surface area contributed by atoms with Gasteiger partial charge in [0.15, 0.2) is 0 Å². The summed E-state index contributed by atoms with van der Waals surface area (Å²) in [6, 6.07) is -0.0141. The summed E-state index contributed by atoms with van der Waals surface area (Å²) in [6.07, 6.45) is 10.6. The second-order valence-corrected chi connectivity index (χ2v) is 7.03. The monoisotopic (exact) mass is 339 g/mol. The largest absolute Gasteiger partial charge is 0.450 e. The molecule has 3 amide bonds. The van der Waals surface area contributed by atoms with Gasteiger partial charge in [-0.1, -0.05) is 32.1 Å². The van der Waals surface area contributed by atoms with E-state index in [9.17, 15) is 9.59 Å². The number of alkyl carbamates (subject to hydrolysis) is 1. The Hall–Kier alpha value is -1.46. The highest BCUT2D eigenvalue weighted by Gasteiger charge is 2.25. The summed E-state index contributed by atoms with van der Waals surface area (Å²) < 4.78 is 4.91. The molecule has 1 aliphatic heterocycles. The van der Waals surface area contributed by atoms with Gasteiger partial charge in [0.05, 0.1) is 6.61 Å². The van der Waals surface area contributed by atoms with Gasteiger partial charge in [0, 0.05) is 25.7 Å². The molecule has 6 heteroatoms. The van der Waals surface area contributed by atoms with Crippen LogP contribution in [0, 0.1) is 5.92 Å². The predicted molar refractivity (Wildman–Crippen MR) is 94.0 cm³/mol. The topological polar surface area (TPSA) is 70.7 Å². The summed E-state index contributed by atoms with van der Waals surface area (Å²) in [5.74, 6) is 0.865. The van der Waals surface area contributed by atoms with E-state index in [0.29, 0.717) is 13.2 Å². The van der Waals surface area contributed by atoms with Crippen LogP contribution in [0.4, 0.5) is 9.59 Å². The molecule has 0 aromatic heterocycles. The average molecular weight is 339 g/mol. The minimum absolute atomic E-state index is 0.00555. The maximum Gasteiger partial charge on any atom is 0.407 e. The SMILES string of the molecule is CCOC(=O)NC1CCCN(C(=O)NCCCC2CCCCC2)C1. The molecule has 138 valence electrons. The molecule has 24 heavy (non-hydrogen) atoms. The number of hydrogen-bond donors (Lipinski definition) is 2. The van der Waals surface area contributed by atoms with Crippen molar-refractivity contribution in [1.82, 2.24) is 15.5 Å². The lowest BCUT2D eigenvalue weighted by atomic mass is 9.86. The third-order valence-electron chi connectivity index (χ3n) is 5.10. The highest BCUT2D eigenvalue weighted by Crippen LogP contribution is 2.26. The van der Waals surface area contributed by atoms with E-state index in [2.05, 4.69) is 10.6 Å². The minimum atomic E-state index is -0.391. The van der Waals surface area contributed by atoms with Crippen molar-refractivity contribution in [2.75, 3.05) is 26.2 Å². The molecule has 1 unspecified atom stereocenters. The summed E-state index contributed by atoms with van der Waals surface area (Å²) in [5, 5.41) is 5.87. The van der Waals surface area contributed by atoms with Crippen LogP contribution in [-0.2, 0) is 4.74 Å².